The molecule has 2 rings (SSSR count). The minimum atomic E-state index is -4.39. The van der Waals surface area contributed by atoms with Crippen molar-refractivity contribution in [1.82, 2.24) is 5.32 Å². The van der Waals surface area contributed by atoms with E-state index < -0.39 is 22.6 Å². The van der Waals surface area contributed by atoms with E-state index in [1.54, 1.807) is 13.0 Å². The molecular weight excluding hydrogens is 291 g/mol. The lowest BCUT2D eigenvalue weighted by Crippen LogP contribution is -2.41. The molecule has 0 spiro atoms. The van der Waals surface area contributed by atoms with Gasteiger partial charge < -0.3 is 10.1 Å². The maximum Gasteiger partial charge on any atom is 0.416 e. The SMILES string of the molecule is COC(=O)C1(C)NC=C(c2cccc(C(F)(F)F)c2)S1. The average Bonchev–Trinajstić information content (AvgIpc) is 2.81. The summed E-state index contributed by atoms with van der Waals surface area (Å²) in [6.45, 7) is 1.61. The molecule has 1 aliphatic rings. The third-order valence-corrected chi connectivity index (χ3v) is 4.11. The van der Waals surface area contributed by atoms with Gasteiger partial charge in [-0.15, -0.1) is 0 Å². The Labute approximate surface area is 118 Å². The number of benzene rings is 1. The summed E-state index contributed by atoms with van der Waals surface area (Å²) in [7, 11) is 1.26. The molecule has 1 unspecified atom stereocenters. The molecule has 0 aromatic heterocycles. The van der Waals surface area contributed by atoms with E-state index in [1.807, 2.05) is 0 Å². The van der Waals surface area contributed by atoms with E-state index in [-0.39, 0.29) is 0 Å². The predicted molar refractivity (Wildman–Crippen MR) is 70.6 cm³/mol. The Kier molecular flexibility index (Phi) is 3.73. The van der Waals surface area contributed by atoms with Crippen molar-refractivity contribution in [3.63, 3.8) is 0 Å². The number of alkyl halides is 3. The van der Waals surface area contributed by atoms with Crippen LogP contribution in [-0.2, 0) is 15.7 Å². The Morgan fingerprint density at radius 2 is 2.10 bits per heavy atom. The van der Waals surface area contributed by atoms with E-state index in [4.69, 9.17) is 0 Å². The summed E-state index contributed by atoms with van der Waals surface area (Å²) >= 11 is 1.13. The third-order valence-electron chi connectivity index (χ3n) is 2.84. The second kappa shape index (κ2) is 5.05. The first-order valence-corrected chi connectivity index (χ1v) is 6.51. The Morgan fingerprint density at radius 3 is 2.70 bits per heavy atom. The zero-order chi connectivity index (χ0) is 15.0. The third kappa shape index (κ3) is 2.77. The maximum atomic E-state index is 12.7. The fourth-order valence-electron chi connectivity index (χ4n) is 1.77. The van der Waals surface area contributed by atoms with Crippen molar-refractivity contribution in [3.8, 4) is 0 Å². The standard InChI is InChI=1S/C13H12F3NO2S/c1-12(11(18)19-2)17-7-10(20-12)8-4-3-5-9(6-8)13(14,15)16/h3-7,17H,1-2H3. The van der Waals surface area contributed by atoms with Crippen LogP contribution in [0.4, 0.5) is 13.2 Å². The zero-order valence-electron chi connectivity index (χ0n) is 10.7. The number of methoxy groups -OCH3 is 1. The van der Waals surface area contributed by atoms with Gasteiger partial charge in [0.05, 0.1) is 12.7 Å². The number of esters is 1. The van der Waals surface area contributed by atoms with Crippen LogP contribution in [0.25, 0.3) is 4.91 Å². The lowest BCUT2D eigenvalue weighted by atomic mass is 10.1. The molecule has 7 heteroatoms. The van der Waals surface area contributed by atoms with Crippen molar-refractivity contribution in [3.05, 3.63) is 41.6 Å². The highest BCUT2D eigenvalue weighted by molar-refractivity contribution is 8.10. The van der Waals surface area contributed by atoms with Gasteiger partial charge in [-0.3, -0.25) is 0 Å². The minimum absolute atomic E-state index is 0.407. The van der Waals surface area contributed by atoms with Crippen molar-refractivity contribution in [2.45, 2.75) is 18.0 Å². The zero-order valence-corrected chi connectivity index (χ0v) is 11.6. The monoisotopic (exact) mass is 303 g/mol. The van der Waals surface area contributed by atoms with Crippen molar-refractivity contribution >= 4 is 22.6 Å². The van der Waals surface area contributed by atoms with E-state index in [0.29, 0.717) is 10.5 Å². The Morgan fingerprint density at radius 1 is 1.40 bits per heavy atom. The van der Waals surface area contributed by atoms with Gasteiger partial charge in [0.15, 0.2) is 4.87 Å². The first-order chi connectivity index (χ1) is 9.26. The second-order valence-corrected chi connectivity index (χ2v) is 5.82. The normalized spacial score (nSPS) is 22.1. The summed E-state index contributed by atoms with van der Waals surface area (Å²) in [6.07, 6.45) is -2.87. The smallest absolute Gasteiger partial charge is 0.416 e. The summed E-state index contributed by atoms with van der Waals surface area (Å²) in [5.41, 5.74) is -0.312. The van der Waals surface area contributed by atoms with Crippen LogP contribution < -0.4 is 5.32 Å². The number of hydrogen-bond acceptors (Lipinski definition) is 4. The van der Waals surface area contributed by atoms with Crippen molar-refractivity contribution in [2.24, 2.45) is 0 Å². The molecule has 20 heavy (non-hydrogen) atoms. The minimum Gasteiger partial charge on any atom is -0.467 e. The van der Waals surface area contributed by atoms with Gasteiger partial charge in [-0.2, -0.15) is 13.2 Å². The van der Waals surface area contributed by atoms with Crippen LogP contribution in [0.1, 0.15) is 18.1 Å². The van der Waals surface area contributed by atoms with Crippen LogP contribution in [0.3, 0.4) is 0 Å². The van der Waals surface area contributed by atoms with E-state index in [2.05, 4.69) is 10.1 Å². The number of carbonyl (C=O) groups is 1. The van der Waals surface area contributed by atoms with Crippen LogP contribution in [0, 0.1) is 0 Å². The van der Waals surface area contributed by atoms with E-state index >= 15 is 0 Å². The first kappa shape index (κ1) is 14.8. The molecule has 108 valence electrons. The lowest BCUT2D eigenvalue weighted by molar-refractivity contribution is -0.143. The molecule has 0 saturated heterocycles. The van der Waals surface area contributed by atoms with Gasteiger partial charge in [-0.05, 0) is 24.6 Å². The summed E-state index contributed by atoms with van der Waals surface area (Å²) in [6, 6.07) is 4.98. The molecule has 1 N–H and O–H groups in total. The number of ether oxygens (including phenoxy) is 1. The van der Waals surface area contributed by atoms with Gasteiger partial charge in [0.1, 0.15) is 0 Å². The molecule has 1 aromatic carbocycles. The summed E-state index contributed by atoms with van der Waals surface area (Å²) in [4.78, 5) is 11.2. The topological polar surface area (TPSA) is 38.3 Å². The summed E-state index contributed by atoms with van der Waals surface area (Å²) in [5, 5.41) is 2.84. The highest BCUT2D eigenvalue weighted by Crippen LogP contribution is 2.42. The highest BCUT2D eigenvalue weighted by atomic mass is 32.2. The Balaban J connectivity index is 2.25. The Hall–Kier alpha value is -1.63. The maximum absolute atomic E-state index is 12.7. The van der Waals surface area contributed by atoms with Crippen LogP contribution in [0.5, 0.6) is 0 Å². The number of halogens is 3. The van der Waals surface area contributed by atoms with Gasteiger partial charge in [0.25, 0.3) is 0 Å². The van der Waals surface area contributed by atoms with Crippen LogP contribution in [0.2, 0.25) is 0 Å². The van der Waals surface area contributed by atoms with Gasteiger partial charge in [-0.1, -0.05) is 23.9 Å². The van der Waals surface area contributed by atoms with Crippen molar-refractivity contribution in [1.29, 1.82) is 0 Å². The number of hydrogen-bond donors (Lipinski definition) is 1. The van der Waals surface area contributed by atoms with Gasteiger partial charge >= 0.3 is 12.1 Å². The average molecular weight is 303 g/mol. The van der Waals surface area contributed by atoms with E-state index in [9.17, 15) is 18.0 Å². The summed E-state index contributed by atoms with van der Waals surface area (Å²) < 4.78 is 42.7. The molecule has 0 fully saturated rings. The molecule has 1 atom stereocenters. The lowest BCUT2D eigenvalue weighted by Gasteiger charge is -2.20. The largest absolute Gasteiger partial charge is 0.467 e. The molecule has 0 amide bonds. The molecule has 0 radical (unpaired) electrons. The fourth-order valence-corrected chi connectivity index (χ4v) is 2.86. The van der Waals surface area contributed by atoms with Crippen LogP contribution in [0.15, 0.2) is 30.5 Å². The Bertz CT molecular complexity index is 571. The summed E-state index contributed by atoms with van der Waals surface area (Å²) in [5.74, 6) is -0.485. The van der Waals surface area contributed by atoms with Crippen LogP contribution in [-0.4, -0.2) is 18.0 Å². The molecule has 0 bridgehead atoms. The molecule has 1 heterocycles. The second-order valence-electron chi connectivity index (χ2n) is 4.36. The molecule has 0 aliphatic carbocycles. The highest BCUT2D eigenvalue weighted by Gasteiger charge is 2.40. The number of rotatable bonds is 2. The quantitative estimate of drug-likeness (QED) is 0.851. The first-order valence-electron chi connectivity index (χ1n) is 5.69. The number of nitrogens with one attached hydrogen (secondary N) is 1. The van der Waals surface area contributed by atoms with Gasteiger partial charge in [0.2, 0.25) is 0 Å². The fraction of sp³-hybridized carbons (Fsp3) is 0.308. The van der Waals surface area contributed by atoms with Gasteiger partial charge in [-0.25, -0.2) is 4.79 Å². The predicted octanol–water partition coefficient (Wildman–Crippen LogP) is 3.23. The van der Waals surface area contributed by atoms with E-state index in [0.717, 1.165) is 23.9 Å². The van der Waals surface area contributed by atoms with Crippen LogP contribution >= 0.6 is 11.8 Å². The molecule has 1 aliphatic heterocycles. The molecular formula is C13H12F3NO2S. The van der Waals surface area contributed by atoms with Crippen molar-refractivity contribution < 1.29 is 22.7 Å². The molecule has 1 aromatic rings. The molecule has 3 nitrogen and oxygen atoms in total. The number of thioether (sulfide) groups is 1. The van der Waals surface area contributed by atoms with Gasteiger partial charge in [0, 0.05) is 11.1 Å². The molecule has 0 saturated carbocycles. The number of carbonyl (C=O) groups excluding carboxylic acids is 1. The van der Waals surface area contributed by atoms with E-state index in [1.165, 1.54) is 19.4 Å². The van der Waals surface area contributed by atoms with Crippen molar-refractivity contribution in [2.75, 3.05) is 7.11 Å².